The van der Waals surface area contributed by atoms with Gasteiger partial charge >= 0.3 is 5.97 Å². The third-order valence-electron chi connectivity index (χ3n) is 1.24. The summed E-state index contributed by atoms with van der Waals surface area (Å²) in [6.07, 6.45) is 0. The van der Waals surface area contributed by atoms with Crippen LogP contribution < -0.4 is 5.73 Å². The molecule has 0 aromatic rings. The summed E-state index contributed by atoms with van der Waals surface area (Å²) in [4.78, 5) is 21.3. The second-order valence-electron chi connectivity index (χ2n) is 2.48. The van der Waals surface area contributed by atoms with E-state index in [1.165, 1.54) is 6.92 Å². The summed E-state index contributed by atoms with van der Waals surface area (Å²) >= 11 is 0.941. The number of hydrogen-bond donors (Lipinski definition) is 2. The zero-order valence-electron chi connectivity index (χ0n) is 7.61. The van der Waals surface area contributed by atoms with E-state index in [9.17, 15) is 9.59 Å². The fourth-order valence-corrected chi connectivity index (χ4v) is 1.28. The van der Waals surface area contributed by atoms with Crippen LogP contribution in [0.1, 0.15) is 6.92 Å². The van der Waals surface area contributed by atoms with Crippen LogP contribution in [0.2, 0.25) is 0 Å². The quantitative estimate of drug-likeness (QED) is 0.498. The van der Waals surface area contributed by atoms with Crippen LogP contribution in [-0.2, 0) is 9.59 Å². The maximum atomic E-state index is 11.2. The number of nitriles is 1. The molecule has 0 aromatic carbocycles. The van der Waals surface area contributed by atoms with Crippen molar-refractivity contribution < 1.29 is 14.7 Å². The Bertz CT molecular complexity index is 313. The molecule has 0 saturated heterocycles. The standard InChI is InChI=1S/C8H10N2O3S/c1-5(10)6(2-9)7(11)3-14-4-8(12)13/h3-4,10H2,1H3,(H,12,13). The Morgan fingerprint density at radius 2 is 2.07 bits per heavy atom. The molecule has 5 nitrogen and oxygen atoms in total. The van der Waals surface area contributed by atoms with E-state index in [0.717, 1.165) is 11.8 Å². The summed E-state index contributed by atoms with van der Waals surface area (Å²) in [6.45, 7) is 1.46. The number of allylic oxidation sites excluding steroid dienone is 2. The van der Waals surface area contributed by atoms with Crippen LogP contribution in [-0.4, -0.2) is 28.4 Å². The first-order valence-corrected chi connectivity index (χ1v) is 4.83. The first kappa shape index (κ1) is 12.5. The third kappa shape index (κ3) is 4.52. The highest BCUT2D eigenvalue weighted by atomic mass is 32.2. The summed E-state index contributed by atoms with van der Waals surface area (Å²) in [5.74, 6) is -1.62. The summed E-state index contributed by atoms with van der Waals surface area (Å²) in [7, 11) is 0. The van der Waals surface area contributed by atoms with Gasteiger partial charge in [-0.25, -0.2) is 0 Å². The van der Waals surface area contributed by atoms with Crippen LogP contribution >= 0.6 is 11.8 Å². The number of hydrogen-bond acceptors (Lipinski definition) is 5. The number of carbonyl (C=O) groups excluding carboxylic acids is 1. The summed E-state index contributed by atoms with van der Waals surface area (Å²) in [5.41, 5.74) is 5.36. The van der Waals surface area contributed by atoms with Gasteiger partial charge in [-0.3, -0.25) is 9.59 Å². The Labute approximate surface area is 85.6 Å². The van der Waals surface area contributed by atoms with Gasteiger partial charge in [0.15, 0.2) is 5.78 Å². The van der Waals surface area contributed by atoms with E-state index < -0.39 is 11.8 Å². The first-order chi connectivity index (χ1) is 6.49. The molecule has 0 fully saturated rings. The minimum Gasteiger partial charge on any atom is -0.481 e. The van der Waals surface area contributed by atoms with Gasteiger partial charge in [0.25, 0.3) is 0 Å². The average molecular weight is 214 g/mol. The fraction of sp³-hybridized carbons (Fsp3) is 0.375. The topological polar surface area (TPSA) is 104 Å². The van der Waals surface area contributed by atoms with E-state index in [4.69, 9.17) is 16.1 Å². The molecule has 0 bridgehead atoms. The van der Waals surface area contributed by atoms with E-state index >= 15 is 0 Å². The van der Waals surface area contributed by atoms with Gasteiger partial charge in [-0.1, -0.05) is 0 Å². The van der Waals surface area contributed by atoms with Crippen molar-refractivity contribution in [3.63, 3.8) is 0 Å². The van der Waals surface area contributed by atoms with Crippen LogP contribution in [0.3, 0.4) is 0 Å². The molecule has 0 atom stereocenters. The first-order valence-electron chi connectivity index (χ1n) is 3.68. The number of carboxylic acid groups (broad SMARTS) is 1. The van der Waals surface area contributed by atoms with Crippen molar-refractivity contribution in [3.05, 3.63) is 11.3 Å². The molecule has 14 heavy (non-hydrogen) atoms. The van der Waals surface area contributed by atoms with Gasteiger partial charge < -0.3 is 10.8 Å². The van der Waals surface area contributed by atoms with E-state index in [2.05, 4.69) is 0 Å². The smallest absolute Gasteiger partial charge is 0.313 e. The van der Waals surface area contributed by atoms with Crippen molar-refractivity contribution in [2.24, 2.45) is 5.73 Å². The molecule has 0 amide bonds. The highest BCUT2D eigenvalue weighted by Gasteiger charge is 2.11. The number of nitrogens with two attached hydrogens (primary N) is 1. The molecule has 0 aliphatic carbocycles. The maximum Gasteiger partial charge on any atom is 0.313 e. The lowest BCUT2D eigenvalue weighted by Gasteiger charge is -1.99. The van der Waals surface area contributed by atoms with Crippen LogP contribution in [0, 0.1) is 11.3 Å². The molecule has 0 spiro atoms. The molecule has 0 heterocycles. The van der Waals surface area contributed by atoms with Gasteiger partial charge in [-0.2, -0.15) is 5.26 Å². The summed E-state index contributed by atoms with van der Waals surface area (Å²) < 4.78 is 0. The van der Waals surface area contributed by atoms with Gasteiger partial charge in [-0.15, -0.1) is 11.8 Å². The van der Waals surface area contributed by atoms with Crippen molar-refractivity contribution in [1.82, 2.24) is 0 Å². The predicted molar refractivity (Wildman–Crippen MR) is 52.5 cm³/mol. The minimum absolute atomic E-state index is 0.0380. The molecular weight excluding hydrogens is 204 g/mol. The Kier molecular flexibility index (Phi) is 5.41. The largest absolute Gasteiger partial charge is 0.481 e. The van der Waals surface area contributed by atoms with Crippen molar-refractivity contribution in [1.29, 1.82) is 5.26 Å². The lowest BCUT2D eigenvalue weighted by molar-refractivity contribution is -0.133. The van der Waals surface area contributed by atoms with Crippen LogP contribution in [0.4, 0.5) is 0 Å². The SMILES string of the molecule is CC(N)=C(C#N)C(=O)CSCC(=O)O. The number of ketones is 1. The van der Waals surface area contributed by atoms with Crippen LogP contribution in [0.25, 0.3) is 0 Å². The van der Waals surface area contributed by atoms with Gasteiger partial charge in [0.1, 0.15) is 11.6 Å². The normalized spacial score (nSPS) is 11.4. The van der Waals surface area contributed by atoms with Crippen molar-refractivity contribution in [3.8, 4) is 6.07 Å². The minimum atomic E-state index is -0.991. The molecule has 0 radical (unpaired) electrons. The lowest BCUT2D eigenvalue weighted by Crippen LogP contribution is -2.11. The van der Waals surface area contributed by atoms with Crippen molar-refractivity contribution >= 4 is 23.5 Å². The number of Topliss-reactive ketones (excluding diaryl/α,β-unsaturated/α-hetero) is 1. The van der Waals surface area contributed by atoms with Crippen molar-refractivity contribution in [2.45, 2.75) is 6.92 Å². The van der Waals surface area contributed by atoms with Crippen LogP contribution in [0.5, 0.6) is 0 Å². The average Bonchev–Trinajstić information content (AvgIpc) is 2.03. The number of thioether (sulfide) groups is 1. The number of rotatable bonds is 5. The fourth-order valence-electron chi connectivity index (χ4n) is 0.674. The molecule has 76 valence electrons. The van der Waals surface area contributed by atoms with Crippen LogP contribution in [0.15, 0.2) is 11.3 Å². The Hall–Kier alpha value is -1.48. The molecule has 0 aromatic heterocycles. The van der Waals surface area contributed by atoms with E-state index in [1.807, 2.05) is 0 Å². The molecular formula is C8H10N2O3S. The highest BCUT2D eigenvalue weighted by Crippen LogP contribution is 2.06. The van der Waals surface area contributed by atoms with E-state index in [1.54, 1.807) is 6.07 Å². The molecule has 0 aliphatic heterocycles. The number of carbonyl (C=O) groups is 2. The zero-order chi connectivity index (χ0) is 11.1. The second kappa shape index (κ2) is 6.05. The lowest BCUT2D eigenvalue weighted by atomic mass is 10.2. The third-order valence-corrected chi connectivity index (χ3v) is 2.16. The molecule has 0 saturated carbocycles. The van der Waals surface area contributed by atoms with Gasteiger partial charge in [0, 0.05) is 5.70 Å². The van der Waals surface area contributed by atoms with E-state index in [0.29, 0.717) is 0 Å². The summed E-state index contributed by atoms with van der Waals surface area (Å²) in [5, 5.41) is 16.8. The number of aliphatic carboxylic acids is 1. The Morgan fingerprint density at radius 3 is 2.43 bits per heavy atom. The second-order valence-corrected chi connectivity index (χ2v) is 3.47. The summed E-state index contributed by atoms with van der Waals surface area (Å²) in [6, 6.07) is 1.68. The van der Waals surface area contributed by atoms with E-state index in [-0.39, 0.29) is 22.8 Å². The molecule has 0 unspecified atom stereocenters. The van der Waals surface area contributed by atoms with Gasteiger partial charge in [0.05, 0.1) is 11.5 Å². The highest BCUT2D eigenvalue weighted by molar-refractivity contribution is 8.00. The maximum absolute atomic E-state index is 11.2. The Morgan fingerprint density at radius 1 is 1.50 bits per heavy atom. The molecule has 0 aliphatic rings. The number of carboxylic acids is 1. The molecule has 0 rings (SSSR count). The predicted octanol–water partition coefficient (Wildman–Crippen LogP) is 0.130. The van der Waals surface area contributed by atoms with Gasteiger partial charge in [-0.05, 0) is 6.92 Å². The monoisotopic (exact) mass is 214 g/mol. The van der Waals surface area contributed by atoms with Gasteiger partial charge in [0.2, 0.25) is 0 Å². The molecule has 3 N–H and O–H groups in total. The number of nitrogens with zero attached hydrogens (tertiary/aromatic N) is 1. The Balaban J connectivity index is 4.17. The molecule has 6 heteroatoms. The zero-order valence-corrected chi connectivity index (χ0v) is 8.43. The van der Waals surface area contributed by atoms with Crippen molar-refractivity contribution in [2.75, 3.05) is 11.5 Å².